The summed E-state index contributed by atoms with van der Waals surface area (Å²) >= 11 is 0. The SMILES string of the molecule is CC(C)(N)C(=O)NC1CCOc2ccccc2C1O. The second-order valence-electron chi connectivity index (χ2n) is 5.42. The third kappa shape index (κ3) is 3.05. The molecule has 0 bridgehead atoms. The van der Waals surface area contributed by atoms with Gasteiger partial charge >= 0.3 is 0 Å². The van der Waals surface area contributed by atoms with Crippen LogP contribution < -0.4 is 15.8 Å². The highest BCUT2D eigenvalue weighted by Gasteiger charge is 2.31. The summed E-state index contributed by atoms with van der Waals surface area (Å²) in [6, 6.07) is 6.92. The molecule has 1 heterocycles. The Morgan fingerprint density at radius 3 is 2.84 bits per heavy atom. The average Bonchev–Trinajstić information content (AvgIpc) is 2.50. The van der Waals surface area contributed by atoms with Crippen molar-refractivity contribution in [2.75, 3.05) is 6.61 Å². The van der Waals surface area contributed by atoms with E-state index in [9.17, 15) is 9.90 Å². The quantitative estimate of drug-likeness (QED) is 0.735. The molecule has 0 saturated carbocycles. The second-order valence-corrected chi connectivity index (χ2v) is 5.42. The summed E-state index contributed by atoms with van der Waals surface area (Å²) in [6.45, 7) is 3.72. The van der Waals surface area contributed by atoms with Crippen LogP contribution in [0.4, 0.5) is 0 Å². The number of amides is 1. The third-order valence-corrected chi connectivity index (χ3v) is 3.21. The molecule has 5 nitrogen and oxygen atoms in total. The molecular weight excluding hydrogens is 244 g/mol. The molecule has 5 heteroatoms. The number of hydrogen-bond donors (Lipinski definition) is 3. The van der Waals surface area contributed by atoms with Crippen molar-refractivity contribution in [3.05, 3.63) is 29.8 Å². The first-order valence-electron chi connectivity index (χ1n) is 6.39. The van der Waals surface area contributed by atoms with E-state index in [1.165, 1.54) is 0 Å². The van der Waals surface area contributed by atoms with E-state index in [2.05, 4.69) is 5.32 Å². The third-order valence-electron chi connectivity index (χ3n) is 3.21. The lowest BCUT2D eigenvalue weighted by Crippen LogP contribution is -2.53. The number of ether oxygens (including phenoxy) is 1. The number of para-hydroxylation sites is 1. The molecule has 0 spiro atoms. The number of nitrogens with one attached hydrogen (secondary N) is 1. The van der Waals surface area contributed by atoms with Crippen LogP contribution in [-0.4, -0.2) is 29.2 Å². The number of rotatable bonds is 2. The summed E-state index contributed by atoms with van der Waals surface area (Å²) < 4.78 is 5.57. The molecule has 1 aliphatic heterocycles. The van der Waals surface area contributed by atoms with E-state index < -0.39 is 11.6 Å². The van der Waals surface area contributed by atoms with E-state index in [1.54, 1.807) is 19.9 Å². The normalized spacial score (nSPS) is 22.9. The van der Waals surface area contributed by atoms with E-state index in [-0.39, 0.29) is 11.9 Å². The van der Waals surface area contributed by atoms with Gasteiger partial charge in [-0.15, -0.1) is 0 Å². The first-order chi connectivity index (χ1) is 8.89. The van der Waals surface area contributed by atoms with Gasteiger partial charge in [-0.3, -0.25) is 4.79 Å². The van der Waals surface area contributed by atoms with Gasteiger partial charge in [0.1, 0.15) is 11.9 Å². The zero-order valence-corrected chi connectivity index (χ0v) is 11.2. The predicted molar refractivity (Wildman–Crippen MR) is 71.7 cm³/mol. The van der Waals surface area contributed by atoms with Crippen molar-refractivity contribution in [2.45, 2.75) is 38.0 Å². The van der Waals surface area contributed by atoms with Crippen LogP contribution in [0.2, 0.25) is 0 Å². The van der Waals surface area contributed by atoms with Crippen LogP contribution in [-0.2, 0) is 4.79 Å². The Morgan fingerprint density at radius 1 is 1.47 bits per heavy atom. The van der Waals surface area contributed by atoms with Crippen LogP contribution in [0.15, 0.2) is 24.3 Å². The Morgan fingerprint density at radius 2 is 2.16 bits per heavy atom. The van der Waals surface area contributed by atoms with Crippen molar-refractivity contribution >= 4 is 5.91 Å². The standard InChI is InChI=1S/C14H20N2O3/c1-14(2,15)13(18)16-10-7-8-19-11-6-4-3-5-9(11)12(10)17/h3-6,10,12,17H,7-8,15H2,1-2H3,(H,16,18). The van der Waals surface area contributed by atoms with Crippen molar-refractivity contribution in [3.63, 3.8) is 0 Å². The number of aliphatic hydroxyl groups is 1. The largest absolute Gasteiger partial charge is 0.493 e. The van der Waals surface area contributed by atoms with E-state index in [1.807, 2.05) is 18.2 Å². The minimum atomic E-state index is -0.966. The summed E-state index contributed by atoms with van der Waals surface area (Å²) in [4.78, 5) is 11.9. The summed E-state index contributed by atoms with van der Waals surface area (Å²) in [5, 5.41) is 13.2. The van der Waals surface area contributed by atoms with Crippen LogP contribution in [0, 0.1) is 0 Å². The molecule has 19 heavy (non-hydrogen) atoms. The Hall–Kier alpha value is -1.59. The minimum Gasteiger partial charge on any atom is -0.493 e. The van der Waals surface area contributed by atoms with Crippen LogP contribution in [0.25, 0.3) is 0 Å². The highest BCUT2D eigenvalue weighted by Crippen LogP contribution is 2.31. The van der Waals surface area contributed by atoms with Gasteiger partial charge in [-0.1, -0.05) is 18.2 Å². The van der Waals surface area contributed by atoms with Gasteiger partial charge in [0.15, 0.2) is 0 Å². The van der Waals surface area contributed by atoms with Crippen LogP contribution in [0.5, 0.6) is 5.75 Å². The maximum Gasteiger partial charge on any atom is 0.239 e. The van der Waals surface area contributed by atoms with E-state index >= 15 is 0 Å². The first kappa shape index (κ1) is 13.8. The highest BCUT2D eigenvalue weighted by atomic mass is 16.5. The summed E-state index contributed by atoms with van der Waals surface area (Å²) in [5.74, 6) is 0.384. The molecule has 1 aromatic rings. The molecule has 2 atom stereocenters. The highest BCUT2D eigenvalue weighted by molar-refractivity contribution is 5.85. The molecule has 0 radical (unpaired) electrons. The molecular formula is C14H20N2O3. The molecule has 0 aliphatic carbocycles. The van der Waals surface area contributed by atoms with Gasteiger partial charge in [-0.05, 0) is 19.9 Å². The van der Waals surface area contributed by atoms with Crippen molar-refractivity contribution in [1.29, 1.82) is 0 Å². The molecule has 1 aliphatic rings. The number of carbonyl (C=O) groups excluding carboxylic acids is 1. The Bertz CT molecular complexity index is 468. The Labute approximate surface area is 112 Å². The minimum absolute atomic E-state index is 0.282. The molecule has 0 fully saturated rings. The van der Waals surface area contributed by atoms with Gasteiger partial charge in [-0.2, -0.15) is 0 Å². The number of aliphatic hydroxyl groups excluding tert-OH is 1. The van der Waals surface area contributed by atoms with E-state index in [0.717, 1.165) is 0 Å². The molecule has 0 aromatic heterocycles. The summed E-state index contributed by atoms with van der Waals surface area (Å²) in [5.41, 5.74) is 5.48. The van der Waals surface area contributed by atoms with Gasteiger partial charge in [0.25, 0.3) is 0 Å². The van der Waals surface area contributed by atoms with Gasteiger partial charge in [0, 0.05) is 12.0 Å². The molecule has 1 amide bonds. The van der Waals surface area contributed by atoms with E-state index in [4.69, 9.17) is 10.5 Å². The van der Waals surface area contributed by atoms with Gasteiger partial charge in [0.2, 0.25) is 5.91 Å². The molecule has 1 aromatic carbocycles. The Balaban J connectivity index is 2.18. The van der Waals surface area contributed by atoms with Crippen LogP contribution in [0.1, 0.15) is 31.9 Å². The smallest absolute Gasteiger partial charge is 0.239 e. The lowest BCUT2D eigenvalue weighted by Gasteiger charge is -2.26. The van der Waals surface area contributed by atoms with Gasteiger partial charge in [0.05, 0.1) is 18.2 Å². The lowest BCUT2D eigenvalue weighted by molar-refractivity contribution is -0.126. The van der Waals surface area contributed by atoms with Crippen molar-refractivity contribution in [1.82, 2.24) is 5.32 Å². The predicted octanol–water partition coefficient (Wildman–Crippen LogP) is 0.725. The summed E-state index contributed by atoms with van der Waals surface area (Å²) in [6.07, 6.45) is -0.248. The number of nitrogens with two attached hydrogens (primary N) is 1. The lowest BCUT2D eigenvalue weighted by atomic mass is 9.98. The molecule has 2 rings (SSSR count). The fraction of sp³-hybridized carbons (Fsp3) is 0.500. The van der Waals surface area contributed by atoms with Crippen LogP contribution >= 0.6 is 0 Å². The second kappa shape index (κ2) is 5.19. The molecule has 104 valence electrons. The molecule has 0 saturated heterocycles. The van der Waals surface area contributed by atoms with Crippen molar-refractivity contribution < 1.29 is 14.6 Å². The maximum absolute atomic E-state index is 11.9. The number of fused-ring (bicyclic) bond motifs is 1. The van der Waals surface area contributed by atoms with Crippen molar-refractivity contribution in [3.8, 4) is 5.75 Å². The zero-order chi connectivity index (χ0) is 14.0. The van der Waals surface area contributed by atoms with Gasteiger partial charge in [-0.25, -0.2) is 0 Å². The average molecular weight is 264 g/mol. The number of benzene rings is 1. The molecule has 4 N–H and O–H groups in total. The maximum atomic E-state index is 11.9. The first-order valence-corrected chi connectivity index (χ1v) is 6.39. The van der Waals surface area contributed by atoms with E-state index in [0.29, 0.717) is 24.3 Å². The van der Waals surface area contributed by atoms with Crippen molar-refractivity contribution in [2.24, 2.45) is 5.73 Å². The summed E-state index contributed by atoms with van der Waals surface area (Å²) in [7, 11) is 0. The number of hydrogen-bond acceptors (Lipinski definition) is 4. The van der Waals surface area contributed by atoms with Gasteiger partial charge < -0.3 is 20.9 Å². The van der Waals surface area contributed by atoms with Crippen LogP contribution in [0.3, 0.4) is 0 Å². The molecule has 2 unspecified atom stereocenters. The zero-order valence-electron chi connectivity index (χ0n) is 11.2. The monoisotopic (exact) mass is 264 g/mol. The Kier molecular flexibility index (Phi) is 3.78. The topological polar surface area (TPSA) is 84.6 Å². The fourth-order valence-electron chi connectivity index (χ4n) is 2.03. The number of carbonyl (C=O) groups is 1. The fourth-order valence-corrected chi connectivity index (χ4v) is 2.03.